The van der Waals surface area contributed by atoms with Gasteiger partial charge in [0.25, 0.3) is 0 Å². The summed E-state index contributed by atoms with van der Waals surface area (Å²) in [6.45, 7) is 0.503. The van der Waals surface area contributed by atoms with Crippen molar-refractivity contribution in [3.63, 3.8) is 0 Å². The van der Waals surface area contributed by atoms with Crippen LogP contribution in [0.15, 0.2) is 30.3 Å². The van der Waals surface area contributed by atoms with Gasteiger partial charge in [0.15, 0.2) is 0 Å². The normalized spacial score (nSPS) is 10.4. The van der Waals surface area contributed by atoms with Gasteiger partial charge in [-0.15, -0.1) is 0 Å². The molecule has 6 heteroatoms. The molecule has 0 saturated heterocycles. The minimum absolute atomic E-state index is 0.0437. The second-order valence-electron chi connectivity index (χ2n) is 4.75. The molecule has 1 aromatic heterocycles. The zero-order chi connectivity index (χ0) is 15.4. The maximum absolute atomic E-state index is 11.6. The van der Waals surface area contributed by atoms with Gasteiger partial charge in [0.05, 0.1) is 11.1 Å². The predicted octanol–water partition coefficient (Wildman–Crippen LogP) is 0.906. The van der Waals surface area contributed by atoms with Crippen LogP contribution < -0.4 is 16.0 Å². The van der Waals surface area contributed by atoms with E-state index < -0.39 is 5.91 Å². The number of nitrogens with zero attached hydrogens (tertiary/aromatic N) is 2. The van der Waals surface area contributed by atoms with Crippen LogP contribution in [0, 0.1) is 0 Å². The molecule has 0 radical (unpaired) electrons. The molecule has 0 unspecified atom stereocenters. The zero-order valence-corrected chi connectivity index (χ0v) is 12.1. The molecule has 0 fully saturated rings. The lowest BCUT2D eigenvalue weighted by Gasteiger charge is -2.19. The van der Waals surface area contributed by atoms with E-state index in [1.807, 2.05) is 36.2 Å². The monoisotopic (exact) mass is 286 g/mol. The Balaban J connectivity index is 2.36. The number of benzene rings is 1. The van der Waals surface area contributed by atoms with Gasteiger partial charge in [-0.1, -0.05) is 18.2 Å². The third-order valence-electron chi connectivity index (χ3n) is 3.31. The van der Waals surface area contributed by atoms with E-state index in [9.17, 15) is 9.59 Å². The average molecular weight is 286 g/mol. The van der Waals surface area contributed by atoms with Gasteiger partial charge in [-0.05, 0) is 12.1 Å². The lowest BCUT2D eigenvalue weighted by Crippen LogP contribution is -2.27. The highest BCUT2D eigenvalue weighted by molar-refractivity contribution is 6.06. The molecule has 2 rings (SSSR count). The van der Waals surface area contributed by atoms with E-state index in [0.717, 1.165) is 5.39 Å². The van der Waals surface area contributed by atoms with Crippen LogP contribution in [0.1, 0.15) is 16.8 Å². The molecule has 2 aromatic rings. The molecular weight excluding hydrogens is 268 g/mol. The van der Waals surface area contributed by atoms with E-state index in [2.05, 4.69) is 10.3 Å². The Labute approximate surface area is 122 Å². The number of nitrogens with one attached hydrogen (secondary N) is 1. The third-order valence-corrected chi connectivity index (χ3v) is 3.31. The summed E-state index contributed by atoms with van der Waals surface area (Å²) in [6.07, 6.45) is 0.355. The topological polar surface area (TPSA) is 88.3 Å². The summed E-state index contributed by atoms with van der Waals surface area (Å²) < 4.78 is 0. The molecule has 3 N–H and O–H groups in total. The van der Waals surface area contributed by atoms with E-state index in [4.69, 9.17) is 5.73 Å². The van der Waals surface area contributed by atoms with Gasteiger partial charge >= 0.3 is 0 Å². The number of nitrogens with two attached hydrogens (primary N) is 1. The van der Waals surface area contributed by atoms with E-state index >= 15 is 0 Å². The van der Waals surface area contributed by atoms with Crippen LogP contribution in [0.2, 0.25) is 0 Å². The van der Waals surface area contributed by atoms with E-state index in [1.165, 1.54) is 0 Å². The van der Waals surface area contributed by atoms with Gasteiger partial charge in [-0.25, -0.2) is 4.98 Å². The number of para-hydroxylation sites is 1. The van der Waals surface area contributed by atoms with Crippen LogP contribution in [-0.4, -0.2) is 37.4 Å². The highest BCUT2D eigenvalue weighted by Gasteiger charge is 2.13. The van der Waals surface area contributed by atoms with E-state index in [-0.39, 0.29) is 5.91 Å². The second-order valence-corrected chi connectivity index (χ2v) is 4.75. The molecule has 0 aliphatic heterocycles. The number of aromatic nitrogens is 1. The number of rotatable bonds is 5. The van der Waals surface area contributed by atoms with Gasteiger partial charge < -0.3 is 16.0 Å². The fraction of sp³-hybridized carbons (Fsp3) is 0.267. The molecule has 0 atom stereocenters. The average Bonchev–Trinajstić information content (AvgIpc) is 2.50. The van der Waals surface area contributed by atoms with Crippen molar-refractivity contribution in [3.8, 4) is 0 Å². The summed E-state index contributed by atoms with van der Waals surface area (Å²) >= 11 is 0. The number of primary amides is 1. The molecule has 1 heterocycles. The van der Waals surface area contributed by atoms with Gasteiger partial charge in [0.2, 0.25) is 11.8 Å². The number of anilines is 1. The number of hydrogen-bond donors (Lipinski definition) is 2. The highest BCUT2D eigenvalue weighted by Crippen LogP contribution is 2.22. The summed E-state index contributed by atoms with van der Waals surface area (Å²) in [5.41, 5.74) is 6.58. The molecule has 2 amide bonds. The van der Waals surface area contributed by atoms with Crippen LogP contribution in [0.5, 0.6) is 0 Å². The quantitative estimate of drug-likeness (QED) is 0.855. The lowest BCUT2D eigenvalue weighted by molar-refractivity contribution is -0.120. The Kier molecular flexibility index (Phi) is 4.37. The summed E-state index contributed by atoms with van der Waals surface area (Å²) in [7, 11) is 3.42. The Hall–Kier alpha value is -2.63. The third kappa shape index (κ3) is 3.28. The first-order valence-corrected chi connectivity index (χ1v) is 6.64. The van der Waals surface area contributed by atoms with E-state index in [0.29, 0.717) is 29.9 Å². The van der Waals surface area contributed by atoms with Gasteiger partial charge in [-0.2, -0.15) is 0 Å². The van der Waals surface area contributed by atoms with Crippen molar-refractivity contribution in [2.75, 3.05) is 25.5 Å². The fourth-order valence-electron chi connectivity index (χ4n) is 2.07. The van der Waals surface area contributed by atoms with Crippen LogP contribution in [0.25, 0.3) is 10.9 Å². The highest BCUT2D eigenvalue weighted by atomic mass is 16.1. The minimum Gasteiger partial charge on any atom is -0.366 e. The molecule has 0 saturated carbocycles. The van der Waals surface area contributed by atoms with Crippen molar-refractivity contribution >= 4 is 28.5 Å². The van der Waals surface area contributed by atoms with Crippen LogP contribution >= 0.6 is 0 Å². The molecule has 0 bridgehead atoms. The molecule has 0 spiro atoms. The van der Waals surface area contributed by atoms with Crippen molar-refractivity contribution in [2.24, 2.45) is 5.73 Å². The van der Waals surface area contributed by atoms with Crippen molar-refractivity contribution in [1.29, 1.82) is 0 Å². The molecule has 0 aliphatic carbocycles. The maximum Gasteiger partial charge on any atom is 0.249 e. The number of carbonyl (C=O) groups excluding carboxylic acids is 2. The molecule has 0 aliphatic rings. The Bertz CT molecular complexity index is 684. The Morgan fingerprint density at radius 3 is 2.71 bits per heavy atom. The standard InChI is InChI=1S/C15H18N4O2/c1-17-14(20)7-8-19(2)13-9-11(15(16)21)10-5-3-4-6-12(10)18-13/h3-6,9H,7-8H2,1-2H3,(H2,16,21)(H,17,20). The molecule has 6 nitrogen and oxygen atoms in total. The fourth-order valence-corrected chi connectivity index (χ4v) is 2.07. The largest absolute Gasteiger partial charge is 0.366 e. The van der Waals surface area contributed by atoms with Crippen LogP contribution in [-0.2, 0) is 4.79 Å². The van der Waals surface area contributed by atoms with Crippen LogP contribution in [0.3, 0.4) is 0 Å². The van der Waals surface area contributed by atoms with E-state index in [1.54, 1.807) is 13.1 Å². The first-order valence-electron chi connectivity index (χ1n) is 6.64. The summed E-state index contributed by atoms with van der Waals surface area (Å²) in [5, 5.41) is 3.30. The number of pyridine rings is 1. The molecule has 110 valence electrons. The van der Waals surface area contributed by atoms with Crippen molar-refractivity contribution in [3.05, 3.63) is 35.9 Å². The molecule has 21 heavy (non-hydrogen) atoms. The predicted molar refractivity (Wildman–Crippen MR) is 82.2 cm³/mol. The van der Waals surface area contributed by atoms with Crippen molar-refractivity contribution < 1.29 is 9.59 Å². The zero-order valence-electron chi connectivity index (χ0n) is 12.1. The van der Waals surface area contributed by atoms with Crippen molar-refractivity contribution in [2.45, 2.75) is 6.42 Å². The lowest BCUT2D eigenvalue weighted by atomic mass is 10.1. The first-order chi connectivity index (χ1) is 10.0. The number of hydrogen-bond acceptors (Lipinski definition) is 4. The second kappa shape index (κ2) is 6.21. The number of carbonyl (C=O) groups is 2. The van der Waals surface area contributed by atoms with Gasteiger partial charge in [0.1, 0.15) is 5.82 Å². The number of amides is 2. The minimum atomic E-state index is -0.491. The molecular formula is C15H18N4O2. The SMILES string of the molecule is CNC(=O)CCN(C)c1cc(C(N)=O)c2ccccc2n1. The Morgan fingerprint density at radius 2 is 2.05 bits per heavy atom. The van der Waals surface area contributed by atoms with Crippen molar-refractivity contribution in [1.82, 2.24) is 10.3 Å². The van der Waals surface area contributed by atoms with Crippen LogP contribution in [0.4, 0.5) is 5.82 Å². The summed E-state index contributed by atoms with van der Waals surface area (Å²) in [4.78, 5) is 29.3. The van der Waals surface area contributed by atoms with Gasteiger partial charge in [-0.3, -0.25) is 9.59 Å². The first kappa shape index (κ1) is 14.8. The smallest absolute Gasteiger partial charge is 0.249 e. The number of fused-ring (bicyclic) bond motifs is 1. The summed E-state index contributed by atoms with van der Waals surface area (Å²) in [6, 6.07) is 9.00. The van der Waals surface area contributed by atoms with Gasteiger partial charge in [0, 0.05) is 32.4 Å². The summed E-state index contributed by atoms with van der Waals surface area (Å²) in [5.74, 6) is 0.0821. The molecule has 1 aromatic carbocycles. The Morgan fingerprint density at radius 1 is 1.33 bits per heavy atom. The maximum atomic E-state index is 11.6.